The lowest BCUT2D eigenvalue weighted by Crippen LogP contribution is -2.27. The summed E-state index contributed by atoms with van der Waals surface area (Å²) in [4.78, 5) is 17.0. The summed E-state index contributed by atoms with van der Waals surface area (Å²) in [5.74, 6) is 5.58. The zero-order valence-electron chi connectivity index (χ0n) is 19.8. The molecule has 0 saturated carbocycles. The molecule has 0 atom stereocenters. The van der Waals surface area contributed by atoms with Crippen molar-refractivity contribution in [1.29, 1.82) is 0 Å². The van der Waals surface area contributed by atoms with E-state index in [4.69, 9.17) is 16.3 Å². The number of carbonyl (C=O) groups is 1. The number of ether oxygens (including phenoxy) is 1. The van der Waals surface area contributed by atoms with Gasteiger partial charge in [-0.1, -0.05) is 6.07 Å². The van der Waals surface area contributed by atoms with E-state index < -0.39 is 17.6 Å². The third-order valence-electron chi connectivity index (χ3n) is 5.18. The predicted octanol–water partition coefficient (Wildman–Crippen LogP) is 4.36. The second-order valence-electron chi connectivity index (χ2n) is 7.91. The fraction of sp³-hybridized carbons (Fsp3) is 0.200. The van der Waals surface area contributed by atoms with E-state index in [0.29, 0.717) is 30.1 Å². The van der Waals surface area contributed by atoms with Gasteiger partial charge >= 0.3 is 6.18 Å². The van der Waals surface area contributed by atoms with Gasteiger partial charge in [0, 0.05) is 54.7 Å². The highest BCUT2D eigenvalue weighted by Gasteiger charge is 2.31. The molecule has 0 unspecified atom stereocenters. The van der Waals surface area contributed by atoms with Crippen molar-refractivity contribution in [3.8, 4) is 0 Å². The zero-order chi connectivity index (χ0) is 26.3. The number of hydrogen-bond acceptors (Lipinski definition) is 7. The van der Waals surface area contributed by atoms with E-state index in [-0.39, 0.29) is 16.9 Å². The van der Waals surface area contributed by atoms with E-state index in [1.165, 1.54) is 30.5 Å². The van der Waals surface area contributed by atoms with Gasteiger partial charge in [-0.25, -0.2) is 5.84 Å². The predicted molar refractivity (Wildman–Crippen MR) is 134 cm³/mol. The number of aryl methyl sites for hydroxylation is 1. The maximum atomic E-state index is 13.4. The summed E-state index contributed by atoms with van der Waals surface area (Å²) in [6.07, 6.45) is 0.109. The van der Waals surface area contributed by atoms with Gasteiger partial charge in [0.25, 0.3) is 5.91 Å². The molecule has 0 saturated heterocycles. The van der Waals surface area contributed by atoms with Crippen LogP contribution >= 0.6 is 0 Å². The first-order chi connectivity index (χ1) is 17.1. The van der Waals surface area contributed by atoms with E-state index in [1.54, 1.807) is 43.6 Å². The summed E-state index contributed by atoms with van der Waals surface area (Å²) in [5, 5.41) is 6.66. The molecule has 36 heavy (non-hydrogen) atoms. The maximum absolute atomic E-state index is 13.4. The summed E-state index contributed by atoms with van der Waals surface area (Å²) >= 11 is 0. The van der Waals surface area contributed by atoms with E-state index >= 15 is 0 Å². The van der Waals surface area contributed by atoms with Crippen molar-refractivity contribution in [2.75, 3.05) is 35.9 Å². The van der Waals surface area contributed by atoms with Crippen LogP contribution in [0.15, 0.2) is 67.1 Å². The van der Waals surface area contributed by atoms with Crippen LogP contribution in [0, 0.1) is 6.92 Å². The van der Waals surface area contributed by atoms with Crippen LogP contribution in [0.5, 0.6) is 0 Å². The lowest BCUT2D eigenvalue weighted by molar-refractivity contribution is -0.137. The molecule has 11 heteroatoms. The van der Waals surface area contributed by atoms with Crippen LogP contribution in [-0.2, 0) is 10.9 Å². The molecule has 2 aromatic carbocycles. The minimum absolute atomic E-state index is 0.0119. The highest BCUT2D eigenvalue weighted by atomic mass is 19.4. The molecule has 0 radical (unpaired) electrons. The van der Waals surface area contributed by atoms with Crippen molar-refractivity contribution in [1.82, 2.24) is 4.98 Å². The Balaban J connectivity index is 1.85. The Morgan fingerprint density at radius 2 is 1.89 bits per heavy atom. The number of benzene rings is 2. The number of alkyl halides is 3. The highest BCUT2D eigenvalue weighted by molar-refractivity contribution is 6.05. The monoisotopic (exact) mass is 500 g/mol. The first kappa shape index (κ1) is 26.5. The van der Waals surface area contributed by atoms with Crippen molar-refractivity contribution < 1.29 is 22.7 Å². The molecule has 0 aliphatic heterocycles. The molecule has 8 nitrogen and oxygen atoms in total. The molecule has 1 aromatic heterocycles. The summed E-state index contributed by atoms with van der Waals surface area (Å²) in [6, 6.07) is 11.6. The van der Waals surface area contributed by atoms with E-state index in [0.717, 1.165) is 17.7 Å². The lowest BCUT2D eigenvalue weighted by atomic mass is 10.1. The first-order valence-corrected chi connectivity index (χ1v) is 10.9. The molecule has 0 spiro atoms. The third-order valence-corrected chi connectivity index (χ3v) is 5.18. The van der Waals surface area contributed by atoms with Gasteiger partial charge in [-0.2, -0.15) is 13.2 Å². The van der Waals surface area contributed by atoms with E-state index in [2.05, 4.69) is 15.6 Å². The van der Waals surface area contributed by atoms with Crippen molar-refractivity contribution in [2.24, 2.45) is 11.6 Å². The molecule has 3 aromatic rings. The number of nitrogens with zero attached hydrogens (tertiary/aromatic N) is 2. The van der Waals surface area contributed by atoms with Gasteiger partial charge in [-0.05, 0) is 55.0 Å². The number of rotatable bonds is 9. The van der Waals surface area contributed by atoms with Crippen molar-refractivity contribution >= 4 is 28.7 Å². The fourth-order valence-electron chi connectivity index (χ4n) is 3.32. The molecule has 0 aliphatic carbocycles. The number of hydrogen-bond donors (Lipinski definition) is 4. The lowest BCUT2D eigenvalue weighted by Gasteiger charge is -2.19. The fourth-order valence-corrected chi connectivity index (χ4v) is 3.32. The number of pyridine rings is 1. The summed E-state index contributed by atoms with van der Waals surface area (Å²) in [6.45, 7) is 2.41. The number of hydrazine groups is 1. The molecule has 3 rings (SSSR count). The van der Waals surface area contributed by atoms with Gasteiger partial charge in [0.15, 0.2) is 0 Å². The Kier molecular flexibility index (Phi) is 8.51. The standard InChI is InChI=1S/C25H27F3N6O2/c1-16-5-6-17(10-23(16)34(30)15-22(29)18-4-3-7-31-14-18)24(35)33-21-12-19(25(26,27)28)11-20(13-21)32-8-9-36-2/h3-7,10-15,32H,8-9,29-30H2,1-2H3,(H,33,35)/b22-15-. The van der Waals surface area contributed by atoms with Crippen LogP contribution in [0.4, 0.5) is 30.2 Å². The van der Waals surface area contributed by atoms with Crippen molar-refractivity contribution in [2.45, 2.75) is 13.1 Å². The second kappa shape index (κ2) is 11.6. The molecule has 1 heterocycles. The molecular formula is C25H27F3N6O2. The Labute approximate surface area is 206 Å². The number of halogens is 3. The molecule has 190 valence electrons. The van der Waals surface area contributed by atoms with Crippen molar-refractivity contribution in [3.05, 3.63) is 89.4 Å². The van der Waals surface area contributed by atoms with Crippen LogP contribution < -0.4 is 27.2 Å². The average molecular weight is 501 g/mol. The van der Waals surface area contributed by atoms with Crippen LogP contribution in [0.1, 0.15) is 27.0 Å². The Bertz CT molecular complexity index is 1230. The summed E-state index contributed by atoms with van der Waals surface area (Å²) in [7, 11) is 1.49. The molecular weight excluding hydrogens is 473 g/mol. The van der Waals surface area contributed by atoms with Gasteiger partial charge in [0.2, 0.25) is 0 Å². The summed E-state index contributed by atoms with van der Waals surface area (Å²) in [5.41, 5.74) is 7.87. The minimum Gasteiger partial charge on any atom is -0.397 e. The molecule has 0 aliphatic rings. The topological polar surface area (TPSA) is 119 Å². The van der Waals surface area contributed by atoms with Gasteiger partial charge in [-0.15, -0.1) is 0 Å². The second-order valence-corrected chi connectivity index (χ2v) is 7.91. The number of aromatic nitrogens is 1. The third kappa shape index (κ3) is 6.96. The Morgan fingerprint density at radius 1 is 1.14 bits per heavy atom. The number of carbonyl (C=O) groups excluding carboxylic acids is 1. The smallest absolute Gasteiger partial charge is 0.397 e. The molecule has 0 bridgehead atoms. The van der Waals surface area contributed by atoms with E-state index in [1.807, 2.05) is 0 Å². The Hall–Kier alpha value is -4.09. The van der Waals surface area contributed by atoms with Gasteiger partial charge in [-0.3, -0.25) is 14.8 Å². The van der Waals surface area contributed by atoms with Crippen molar-refractivity contribution in [3.63, 3.8) is 0 Å². The molecule has 0 fully saturated rings. The highest BCUT2D eigenvalue weighted by Crippen LogP contribution is 2.33. The first-order valence-electron chi connectivity index (χ1n) is 10.9. The van der Waals surface area contributed by atoms with Crippen LogP contribution in [-0.4, -0.2) is 31.2 Å². The molecule has 6 N–H and O–H groups in total. The maximum Gasteiger partial charge on any atom is 0.416 e. The number of nitrogens with two attached hydrogens (primary N) is 2. The quantitative estimate of drug-likeness (QED) is 0.196. The SMILES string of the molecule is COCCNc1cc(NC(=O)c2ccc(C)c(N(N)/C=C(\N)c3cccnc3)c2)cc(C(F)(F)F)c1. The molecule has 1 amide bonds. The normalized spacial score (nSPS) is 11.8. The van der Waals surface area contributed by atoms with Crippen LogP contribution in [0.2, 0.25) is 0 Å². The average Bonchev–Trinajstić information content (AvgIpc) is 2.84. The number of nitrogens with one attached hydrogen (secondary N) is 2. The summed E-state index contributed by atoms with van der Waals surface area (Å²) < 4.78 is 45.1. The minimum atomic E-state index is -4.59. The largest absolute Gasteiger partial charge is 0.416 e. The van der Waals surface area contributed by atoms with Crippen LogP contribution in [0.3, 0.4) is 0 Å². The van der Waals surface area contributed by atoms with Gasteiger partial charge in [0.05, 0.1) is 23.6 Å². The van der Waals surface area contributed by atoms with Crippen LogP contribution in [0.25, 0.3) is 5.70 Å². The Morgan fingerprint density at radius 3 is 2.56 bits per heavy atom. The number of anilines is 3. The van der Waals surface area contributed by atoms with Gasteiger partial charge in [0.1, 0.15) is 0 Å². The van der Waals surface area contributed by atoms with E-state index in [9.17, 15) is 18.0 Å². The number of amides is 1. The zero-order valence-corrected chi connectivity index (χ0v) is 19.8. The van der Waals surface area contributed by atoms with Gasteiger partial charge < -0.3 is 21.1 Å². The number of methoxy groups -OCH3 is 1.